The molecule has 3 aliphatic rings. The number of rotatable bonds is 6. The normalized spacial score (nSPS) is 22.9. The van der Waals surface area contributed by atoms with E-state index in [2.05, 4.69) is 54.6 Å². The first-order valence-corrected chi connectivity index (χ1v) is 15.6. The summed E-state index contributed by atoms with van der Waals surface area (Å²) >= 11 is 6.95. The van der Waals surface area contributed by atoms with Crippen molar-refractivity contribution in [3.8, 4) is 12.1 Å². The zero-order valence-electron chi connectivity index (χ0n) is 22.0. The maximum absolute atomic E-state index is 12.2. The van der Waals surface area contributed by atoms with Crippen molar-refractivity contribution in [2.24, 2.45) is 0 Å². The molecule has 0 bridgehead atoms. The minimum Gasteiger partial charge on any atom is -0.365 e. The molecule has 2 aromatic heterocycles. The lowest BCUT2D eigenvalue weighted by molar-refractivity contribution is 0.165. The SMILES string of the molecule is C[C@H]1CN([C@H]2CCCS(=O)(=O)C2)CCN1c1cc(C#N)cc(Nc2nc(NC3CC3)n3ncc(C#N)c3n2)c1Cl. The minimum atomic E-state index is -3.00. The number of aromatic nitrogens is 4. The molecule has 2 saturated heterocycles. The van der Waals surface area contributed by atoms with Crippen molar-refractivity contribution in [2.75, 3.05) is 46.7 Å². The van der Waals surface area contributed by atoms with Crippen molar-refractivity contribution in [3.63, 3.8) is 0 Å². The summed E-state index contributed by atoms with van der Waals surface area (Å²) in [5.74, 6) is 1.19. The lowest BCUT2D eigenvalue weighted by Crippen LogP contribution is -2.57. The smallest absolute Gasteiger partial charge is 0.232 e. The third kappa shape index (κ3) is 5.24. The molecule has 0 unspecified atom stereocenters. The van der Waals surface area contributed by atoms with Gasteiger partial charge in [0.1, 0.15) is 11.6 Å². The molecule has 3 aromatic rings. The number of halogens is 1. The predicted octanol–water partition coefficient (Wildman–Crippen LogP) is 2.93. The average Bonchev–Trinajstić information content (AvgIpc) is 3.65. The van der Waals surface area contributed by atoms with Gasteiger partial charge in [0.2, 0.25) is 11.9 Å². The molecule has 2 aliphatic heterocycles. The number of nitriles is 2. The molecular weight excluding hydrogens is 552 g/mol. The molecule has 40 heavy (non-hydrogen) atoms. The number of hydrogen-bond donors (Lipinski definition) is 2. The van der Waals surface area contributed by atoms with Crippen LogP contribution < -0.4 is 15.5 Å². The number of benzene rings is 1. The lowest BCUT2D eigenvalue weighted by Gasteiger charge is -2.45. The van der Waals surface area contributed by atoms with E-state index in [1.807, 2.05) is 0 Å². The quantitative estimate of drug-likeness (QED) is 0.442. The van der Waals surface area contributed by atoms with Crippen LogP contribution >= 0.6 is 11.6 Å². The molecule has 0 spiro atoms. The van der Waals surface area contributed by atoms with E-state index in [0.29, 0.717) is 71.2 Å². The van der Waals surface area contributed by atoms with Gasteiger partial charge in [-0.25, -0.2) is 8.42 Å². The molecule has 1 aromatic carbocycles. The number of sulfone groups is 1. The molecule has 0 radical (unpaired) electrons. The molecule has 1 saturated carbocycles. The van der Waals surface area contributed by atoms with Crippen molar-refractivity contribution in [1.82, 2.24) is 24.5 Å². The first-order chi connectivity index (χ1) is 19.2. The van der Waals surface area contributed by atoms with E-state index in [1.165, 1.54) is 10.7 Å². The fourth-order valence-electron chi connectivity index (χ4n) is 5.57. The summed E-state index contributed by atoms with van der Waals surface area (Å²) < 4.78 is 25.9. The first-order valence-electron chi connectivity index (χ1n) is 13.4. The van der Waals surface area contributed by atoms with Crippen LogP contribution in [0.25, 0.3) is 5.65 Å². The van der Waals surface area contributed by atoms with Crippen LogP contribution in [0.1, 0.15) is 43.7 Å². The average molecular weight is 581 g/mol. The fraction of sp³-hybridized carbons (Fsp3) is 0.500. The van der Waals surface area contributed by atoms with Gasteiger partial charge in [0.15, 0.2) is 15.5 Å². The van der Waals surface area contributed by atoms with Gasteiger partial charge in [-0.3, -0.25) is 4.90 Å². The van der Waals surface area contributed by atoms with Gasteiger partial charge in [-0.05, 0) is 44.7 Å². The summed E-state index contributed by atoms with van der Waals surface area (Å²) in [6.45, 7) is 4.13. The minimum absolute atomic E-state index is 0.0360. The van der Waals surface area contributed by atoms with Crippen LogP contribution in [-0.4, -0.2) is 82.2 Å². The Bertz CT molecular complexity index is 1660. The van der Waals surface area contributed by atoms with E-state index >= 15 is 0 Å². The summed E-state index contributed by atoms with van der Waals surface area (Å²) in [6.07, 6.45) is 5.10. The van der Waals surface area contributed by atoms with Crippen molar-refractivity contribution < 1.29 is 8.42 Å². The van der Waals surface area contributed by atoms with Crippen LogP contribution in [-0.2, 0) is 9.84 Å². The van der Waals surface area contributed by atoms with Gasteiger partial charge in [-0.15, -0.1) is 0 Å². The standard InChI is InChI=1S/C26H29ClN10O2S/c1-16-14-35(20-3-2-8-40(38,39)15-20)6-7-36(16)22-10-17(11-28)9-21(23(22)27)32-25-33-24-18(12-29)13-30-37(24)26(34-25)31-19-4-5-19/h9-10,13,16,19-20H,2-8,14-15H2,1H3,(H2,31,32,33,34)/t16-,20-/m0/s1. The van der Waals surface area contributed by atoms with Crippen molar-refractivity contribution >= 4 is 50.4 Å². The Hall–Kier alpha value is -3.65. The summed E-state index contributed by atoms with van der Waals surface area (Å²) in [7, 11) is -3.00. The number of nitrogens with zero attached hydrogens (tertiary/aromatic N) is 8. The van der Waals surface area contributed by atoms with Crippen LogP contribution in [0.5, 0.6) is 0 Å². The molecule has 4 heterocycles. The second-order valence-corrected chi connectivity index (χ2v) is 13.3. The molecular formula is C26H29ClN10O2S. The van der Waals surface area contributed by atoms with Gasteiger partial charge in [0.05, 0.1) is 45.7 Å². The highest BCUT2D eigenvalue weighted by molar-refractivity contribution is 7.91. The first kappa shape index (κ1) is 26.6. The summed E-state index contributed by atoms with van der Waals surface area (Å²) in [5, 5.41) is 30.5. The van der Waals surface area contributed by atoms with Gasteiger partial charge in [0.25, 0.3) is 0 Å². The highest BCUT2D eigenvalue weighted by Gasteiger charge is 2.34. The van der Waals surface area contributed by atoms with Crippen LogP contribution in [0, 0.1) is 22.7 Å². The molecule has 1 aliphatic carbocycles. The molecule has 208 valence electrons. The number of hydrogen-bond acceptors (Lipinski definition) is 11. The Morgan fingerprint density at radius 2 is 1.95 bits per heavy atom. The predicted molar refractivity (Wildman–Crippen MR) is 152 cm³/mol. The van der Waals surface area contributed by atoms with Crippen molar-refractivity contribution in [1.29, 1.82) is 10.5 Å². The molecule has 0 amide bonds. The van der Waals surface area contributed by atoms with Gasteiger partial charge in [0, 0.05) is 37.8 Å². The number of fused-ring (bicyclic) bond motifs is 1. The Kier molecular flexibility index (Phi) is 6.90. The molecule has 3 fully saturated rings. The van der Waals surface area contributed by atoms with E-state index in [4.69, 9.17) is 11.6 Å². The highest BCUT2D eigenvalue weighted by Crippen LogP contribution is 2.38. The number of piperazine rings is 1. The van der Waals surface area contributed by atoms with Crippen LogP contribution in [0.4, 0.5) is 23.3 Å². The lowest BCUT2D eigenvalue weighted by atomic mass is 10.1. The highest BCUT2D eigenvalue weighted by atomic mass is 35.5. The van der Waals surface area contributed by atoms with E-state index in [-0.39, 0.29) is 29.5 Å². The molecule has 2 atom stereocenters. The number of nitrogens with one attached hydrogen (secondary N) is 2. The topological polar surface area (TPSA) is 155 Å². The Balaban J connectivity index is 1.28. The van der Waals surface area contributed by atoms with Crippen molar-refractivity contribution in [3.05, 3.63) is 34.5 Å². The maximum Gasteiger partial charge on any atom is 0.232 e. The zero-order chi connectivity index (χ0) is 28.0. The monoisotopic (exact) mass is 580 g/mol. The molecule has 14 heteroatoms. The summed E-state index contributed by atoms with van der Waals surface area (Å²) in [5.41, 5.74) is 2.30. The van der Waals surface area contributed by atoms with E-state index < -0.39 is 9.84 Å². The van der Waals surface area contributed by atoms with E-state index in [1.54, 1.807) is 12.1 Å². The molecule has 2 N–H and O–H groups in total. The van der Waals surface area contributed by atoms with Crippen LogP contribution in [0.3, 0.4) is 0 Å². The maximum atomic E-state index is 12.2. The van der Waals surface area contributed by atoms with E-state index in [9.17, 15) is 18.9 Å². The van der Waals surface area contributed by atoms with Crippen LogP contribution in [0.15, 0.2) is 18.3 Å². The van der Waals surface area contributed by atoms with Crippen LogP contribution in [0.2, 0.25) is 5.02 Å². The van der Waals surface area contributed by atoms with Gasteiger partial charge < -0.3 is 15.5 Å². The second kappa shape index (κ2) is 10.4. The summed E-state index contributed by atoms with van der Waals surface area (Å²) in [4.78, 5) is 13.6. The second-order valence-electron chi connectivity index (χ2n) is 10.7. The third-order valence-corrected chi connectivity index (χ3v) is 9.95. The molecule has 6 rings (SSSR count). The largest absolute Gasteiger partial charge is 0.365 e. The van der Waals surface area contributed by atoms with Gasteiger partial charge in [-0.1, -0.05) is 11.6 Å². The fourth-order valence-corrected chi connectivity index (χ4v) is 7.57. The summed E-state index contributed by atoms with van der Waals surface area (Å²) in [6, 6.07) is 8.15. The molecule has 12 nitrogen and oxygen atoms in total. The third-order valence-electron chi connectivity index (χ3n) is 7.75. The van der Waals surface area contributed by atoms with E-state index in [0.717, 1.165) is 19.3 Å². The van der Waals surface area contributed by atoms with Crippen molar-refractivity contribution in [2.45, 2.75) is 50.7 Å². The van der Waals surface area contributed by atoms with Gasteiger partial charge >= 0.3 is 0 Å². The Morgan fingerprint density at radius 1 is 1.12 bits per heavy atom. The van der Waals surface area contributed by atoms with Gasteiger partial charge in [-0.2, -0.15) is 30.1 Å². The zero-order valence-corrected chi connectivity index (χ0v) is 23.6. The Morgan fingerprint density at radius 3 is 2.65 bits per heavy atom. The Labute approximate surface area is 237 Å². The number of anilines is 4.